The van der Waals surface area contributed by atoms with Crippen LogP contribution in [0, 0.1) is 17.3 Å². The van der Waals surface area contributed by atoms with Crippen LogP contribution in [0.2, 0.25) is 0 Å². The predicted octanol–water partition coefficient (Wildman–Crippen LogP) is 2.34. The highest BCUT2D eigenvalue weighted by atomic mass is 16.5. The van der Waals surface area contributed by atoms with Crippen LogP contribution in [-0.2, 0) is 9.53 Å². The highest BCUT2D eigenvalue weighted by Gasteiger charge is 2.45. The molecule has 3 nitrogen and oxygen atoms in total. The Morgan fingerprint density at radius 2 is 1.94 bits per heavy atom. The first-order chi connectivity index (χ1) is 7.26. The van der Waals surface area contributed by atoms with Gasteiger partial charge in [-0.15, -0.1) is 0 Å². The minimum absolute atomic E-state index is 0.00954. The molecule has 0 aliphatic heterocycles. The van der Waals surface area contributed by atoms with Gasteiger partial charge >= 0.3 is 5.97 Å². The van der Waals surface area contributed by atoms with E-state index < -0.39 is 0 Å². The van der Waals surface area contributed by atoms with Crippen LogP contribution in [-0.4, -0.2) is 18.1 Å². The molecular formula is C13H25NO2. The molecule has 0 aromatic rings. The zero-order valence-electron chi connectivity index (χ0n) is 11.1. The summed E-state index contributed by atoms with van der Waals surface area (Å²) in [5.41, 5.74) is 6.00. The molecule has 3 heteroatoms. The molecule has 1 saturated carbocycles. The Hall–Kier alpha value is -0.570. The molecule has 1 rings (SSSR count). The van der Waals surface area contributed by atoms with Gasteiger partial charge in [0.2, 0.25) is 0 Å². The SMILES string of the molecule is CC(C)OC(=O)C1CCC(N)C(C)C1(C)C. The Kier molecular flexibility index (Phi) is 4.00. The molecule has 0 radical (unpaired) electrons. The molecule has 1 aliphatic carbocycles. The van der Waals surface area contributed by atoms with Gasteiger partial charge in [-0.05, 0) is 38.0 Å². The predicted molar refractivity (Wildman–Crippen MR) is 64.9 cm³/mol. The van der Waals surface area contributed by atoms with Gasteiger partial charge in [-0.1, -0.05) is 20.8 Å². The molecule has 3 unspecified atom stereocenters. The molecule has 94 valence electrons. The lowest BCUT2D eigenvalue weighted by Gasteiger charge is -2.45. The highest BCUT2D eigenvalue weighted by molar-refractivity contribution is 5.73. The molecule has 0 saturated heterocycles. The fourth-order valence-electron chi connectivity index (χ4n) is 2.59. The molecule has 0 spiro atoms. The van der Waals surface area contributed by atoms with Crippen LogP contribution >= 0.6 is 0 Å². The quantitative estimate of drug-likeness (QED) is 0.737. The van der Waals surface area contributed by atoms with E-state index in [0.717, 1.165) is 12.8 Å². The van der Waals surface area contributed by atoms with Gasteiger partial charge in [-0.2, -0.15) is 0 Å². The number of ether oxygens (including phenoxy) is 1. The summed E-state index contributed by atoms with van der Waals surface area (Å²) < 4.78 is 5.33. The first-order valence-corrected chi connectivity index (χ1v) is 6.23. The van der Waals surface area contributed by atoms with Crippen molar-refractivity contribution in [2.75, 3.05) is 0 Å². The number of nitrogens with two attached hydrogens (primary N) is 1. The van der Waals surface area contributed by atoms with Gasteiger partial charge in [0.1, 0.15) is 0 Å². The van der Waals surface area contributed by atoms with Crippen molar-refractivity contribution in [2.24, 2.45) is 23.0 Å². The molecule has 3 atom stereocenters. The van der Waals surface area contributed by atoms with Crippen LogP contribution < -0.4 is 5.73 Å². The zero-order valence-corrected chi connectivity index (χ0v) is 11.1. The molecule has 1 fully saturated rings. The van der Waals surface area contributed by atoms with Gasteiger partial charge < -0.3 is 10.5 Å². The lowest BCUT2D eigenvalue weighted by molar-refractivity contribution is -0.160. The van der Waals surface area contributed by atoms with Gasteiger partial charge in [0.05, 0.1) is 12.0 Å². The van der Waals surface area contributed by atoms with Crippen LogP contribution in [0.3, 0.4) is 0 Å². The summed E-state index contributed by atoms with van der Waals surface area (Å²) in [6.45, 7) is 10.2. The van der Waals surface area contributed by atoms with Gasteiger partial charge in [-0.25, -0.2) is 0 Å². The monoisotopic (exact) mass is 227 g/mol. The smallest absolute Gasteiger partial charge is 0.309 e. The Labute approximate surface area is 98.7 Å². The molecule has 0 aromatic carbocycles. The molecule has 0 heterocycles. The third-order valence-corrected chi connectivity index (χ3v) is 4.14. The number of esters is 1. The summed E-state index contributed by atoms with van der Waals surface area (Å²) in [5, 5.41) is 0. The van der Waals surface area contributed by atoms with Crippen molar-refractivity contribution in [1.29, 1.82) is 0 Å². The maximum atomic E-state index is 12.0. The molecule has 0 aromatic heterocycles. The normalized spacial score (nSPS) is 33.8. The van der Waals surface area contributed by atoms with Crippen molar-refractivity contribution >= 4 is 5.97 Å². The maximum absolute atomic E-state index is 12.0. The summed E-state index contributed by atoms with van der Waals surface area (Å²) >= 11 is 0. The first-order valence-electron chi connectivity index (χ1n) is 6.23. The van der Waals surface area contributed by atoms with Crippen molar-refractivity contribution in [2.45, 2.75) is 59.6 Å². The maximum Gasteiger partial charge on any atom is 0.309 e. The fourth-order valence-corrected chi connectivity index (χ4v) is 2.59. The lowest BCUT2D eigenvalue weighted by atomic mass is 9.61. The summed E-state index contributed by atoms with van der Waals surface area (Å²) in [7, 11) is 0. The van der Waals surface area contributed by atoms with E-state index in [1.165, 1.54) is 0 Å². The van der Waals surface area contributed by atoms with E-state index in [1.807, 2.05) is 13.8 Å². The molecule has 0 amide bonds. The van der Waals surface area contributed by atoms with Crippen LogP contribution in [0.4, 0.5) is 0 Å². The summed E-state index contributed by atoms with van der Waals surface area (Å²) in [6.07, 6.45) is 1.74. The zero-order chi connectivity index (χ0) is 12.5. The number of carbonyl (C=O) groups excluding carboxylic acids is 1. The van der Waals surface area contributed by atoms with E-state index in [1.54, 1.807) is 0 Å². The average Bonchev–Trinajstić information content (AvgIpc) is 2.13. The van der Waals surface area contributed by atoms with E-state index in [2.05, 4.69) is 20.8 Å². The Balaban J connectivity index is 2.77. The standard InChI is InChI=1S/C13H25NO2/c1-8(2)16-12(15)10-6-7-11(14)9(3)13(10,4)5/h8-11H,6-7,14H2,1-5H3. The van der Waals surface area contributed by atoms with Crippen LogP contribution in [0.5, 0.6) is 0 Å². The second kappa shape index (κ2) is 4.74. The van der Waals surface area contributed by atoms with E-state index in [0.29, 0.717) is 5.92 Å². The second-order valence-electron chi connectivity index (χ2n) is 5.89. The highest BCUT2D eigenvalue weighted by Crippen LogP contribution is 2.44. The minimum Gasteiger partial charge on any atom is -0.463 e. The fraction of sp³-hybridized carbons (Fsp3) is 0.923. The number of hydrogen-bond donors (Lipinski definition) is 1. The lowest BCUT2D eigenvalue weighted by Crippen LogP contribution is -2.49. The first kappa shape index (κ1) is 13.5. The number of rotatable bonds is 2. The van der Waals surface area contributed by atoms with Crippen molar-refractivity contribution < 1.29 is 9.53 Å². The van der Waals surface area contributed by atoms with Gasteiger partial charge in [0, 0.05) is 6.04 Å². The summed E-state index contributed by atoms with van der Waals surface area (Å²) in [5.74, 6) is 0.286. The molecule has 0 bridgehead atoms. The van der Waals surface area contributed by atoms with Crippen molar-refractivity contribution in [1.82, 2.24) is 0 Å². The second-order valence-corrected chi connectivity index (χ2v) is 5.89. The third-order valence-electron chi connectivity index (χ3n) is 4.14. The van der Waals surface area contributed by atoms with E-state index in [4.69, 9.17) is 10.5 Å². The van der Waals surface area contributed by atoms with E-state index in [-0.39, 0.29) is 29.4 Å². The summed E-state index contributed by atoms with van der Waals surface area (Å²) in [6, 6.07) is 0.207. The van der Waals surface area contributed by atoms with Gasteiger partial charge in [0.15, 0.2) is 0 Å². The van der Waals surface area contributed by atoms with Crippen molar-refractivity contribution in [3.63, 3.8) is 0 Å². The number of carbonyl (C=O) groups is 1. The van der Waals surface area contributed by atoms with E-state index >= 15 is 0 Å². The van der Waals surface area contributed by atoms with Crippen LogP contribution in [0.15, 0.2) is 0 Å². The summed E-state index contributed by atoms with van der Waals surface area (Å²) in [4.78, 5) is 12.0. The van der Waals surface area contributed by atoms with Crippen LogP contribution in [0.1, 0.15) is 47.5 Å². The minimum atomic E-state index is -0.0658. The average molecular weight is 227 g/mol. The third kappa shape index (κ3) is 2.57. The van der Waals surface area contributed by atoms with Crippen molar-refractivity contribution in [3.8, 4) is 0 Å². The number of hydrogen-bond acceptors (Lipinski definition) is 3. The largest absolute Gasteiger partial charge is 0.463 e. The Morgan fingerprint density at radius 1 is 1.38 bits per heavy atom. The van der Waals surface area contributed by atoms with Gasteiger partial charge in [-0.3, -0.25) is 4.79 Å². The Bertz CT molecular complexity index is 261. The Morgan fingerprint density at radius 3 is 2.44 bits per heavy atom. The topological polar surface area (TPSA) is 52.3 Å². The molecule has 1 aliphatic rings. The van der Waals surface area contributed by atoms with Gasteiger partial charge in [0.25, 0.3) is 0 Å². The van der Waals surface area contributed by atoms with Crippen molar-refractivity contribution in [3.05, 3.63) is 0 Å². The van der Waals surface area contributed by atoms with Crippen LogP contribution in [0.25, 0.3) is 0 Å². The molecule has 2 N–H and O–H groups in total. The molecule has 16 heavy (non-hydrogen) atoms. The van der Waals surface area contributed by atoms with E-state index in [9.17, 15) is 4.79 Å². The molecular weight excluding hydrogens is 202 g/mol.